The molecule has 2 heterocycles. The molecule has 158 valence electrons. The second-order valence-corrected chi connectivity index (χ2v) is 8.13. The van der Waals surface area contributed by atoms with Crippen LogP contribution in [0, 0.1) is 0 Å². The van der Waals surface area contributed by atoms with E-state index in [2.05, 4.69) is 6.92 Å². The van der Waals surface area contributed by atoms with Crippen LogP contribution in [0.3, 0.4) is 0 Å². The lowest BCUT2D eigenvalue weighted by Gasteiger charge is -2.17. The van der Waals surface area contributed by atoms with Crippen molar-refractivity contribution in [1.82, 2.24) is 14.5 Å². The number of hydrogen-bond donors (Lipinski definition) is 0. The molecule has 0 aliphatic carbocycles. The minimum Gasteiger partial charge on any atom is -0.467 e. The lowest BCUT2D eigenvalue weighted by Crippen LogP contribution is -2.28. The van der Waals surface area contributed by atoms with Crippen molar-refractivity contribution in [3.8, 4) is 5.69 Å². The molecule has 7 heteroatoms. The van der Waals surface area contributed by atoms with Gasteiger partial charge in [0, 0.05) is 7.05 Å². The monoisotopic (exact) mass is 433 g/mol. The number of aromatic nitrogens is 2. The molecule has 4 rings (SSSR count). The lowest BCUT2D eigenvalue weighted by atomic mass is 10.1. The number of benzene rings is 2. The average Bonchev–Trinajstić information content (AvgIpc) is 3.31. The Morgan fingerprint density at radius 1 is 1.10 bits per heavy atom. The minimum absolute atomic E-state index is 0.0725. The van der Waals surface area contributed by atoms with Crippen molar-refractivity contribution in [3.05, 3.63) is 88.6 Å². The molecule has 0 N–H and O–H groups in total. The SMILES string of the molecule is CCc1ccc(-n2c(SCC(=O)N(C)Cc3ccco3)nc3ccccc3c2=O)cc1. The smallest absolute Gasteiger partial charge is 0.266 e. The first kappa shape index (κ1) is 20.9. The summed E-state index contributed by atoms with van der Waals surface area (Å²) in [5.74, 6) is 0.809. The van der Waals surface area contributed by atoms with Gasteiger partial charge >= 0.3 is 0 Å². The summed E-state index contributed by atoms with van der Waals surface area (Å²) in [6.45, 7) is 2.48. The third-order valence-corrected chi connectivity index (χ3v) is 5.99. The van der Waals surface area contributed by atoms with Crippen LogP contribution in [0.15, 0.2) is 81.3 Å². The Balaban J connectivity index is 1.65. The van der Waals surface area contributed by atoms with Crippen molar-refractivity contribution < 1.29 is 9.21 Å². The van der Waals surface area contributed by atoms with Crippen LogP contribution in [-0.4, -0.2) is 33.2 Å². The zero-order valence-electron chi connectivity index (χ0n) is 17.4. The molecule has 0 spiro atoms. The van der Waals surface area contributed by atoms with Gasteiger partial charge in [0.15, 0.2) is 5.16 Å². The Hall–Kier alpha value is -3.32. The highest BCUT2D eigenvalue weighted by molar-refractivity contribution is 7.99. The van der Waals surface area contributed by atoms with Gasteiger partial charge in [0.2, 0.25) is 5.91 Å². The molecule has 0 unspecified atom stereocenters. The Morgan fingerprint density at radius 3 is 2.58 bits per heavy atom. The summed E-state index contributed by atoms with van der Waals surface area (Å²) >= 11 is 1.26. The van der Waals surface area contributed by atoms with E-state index >= 15 is 0 Å². The highest BCUT2D eigenvalue weighted by Crippen LogP contribution is 2.22. The first-order chi connectivity index (χ1) is 15.1. The van der Waals surface area contributed by atoms with E-state index in [-0.39, 0.29) is 17.2 Å². The van der Waals surface area contributed by atoms with Crippen LogP contribution in [0.1, 0.15) is 18.2 Å². The molecule has 2 aromatic heterocycles. The van der Waals surface area contributed by atoms with E-state index in [1.165, 1.54) is 17.3 Å². The molecule has 0 bridgehead atoms. The van der Waals surface area contributed by atoms with Gasteiger partial charge in [-0.15, -0.1) is 0 Å². The number of para-hydroxylation sites is 1. The van der Waals surface area contributed by atoms with Crippen LogP contribution < -0.4 is 5.56 Å². The van der Waals surface area contributed by atoms with Crippen molar-refractivity contribution in [2.75, 3.05) is 12.8 Å². The summed E-state index contributed by atoms with van der Waals surface area (Å²) in [6, 6.07) is 18.8. The second kappa shape index (κ2) is 9.22. The van der Waals surface area contributed by atoms with E-state index in [1.807, 2.05) is 48.5 Å². The summed E-state index contributed by atoms with van der Waals surface area (Å²) in [7, 11) is 1.73. The highest BCUT2D eigenvalue weighted by Gasteiger charge is 2.17. The minimum atomic E-state index is -0.145. The Labute approximate surface area is 184 Å². The molecule has 0 aliphatic heterocycles. The standard InChI is InChI=1S/C24H23N3O3S/c1-3-17-10-12-18(13-11-17)27-23(29)20-8-4-5-9-21(20)25-24(27)31-16-22(28)26(2)15-19-7-6-14-30-19/h4-14H,3,15-16H2,1-2H3. The van der Waals surface area contributed by atoms with Crippen LogP contribution in [0.4, 0.5) is 0 Å². The first-order valence-corrected chi connectivity index (χ1v) is 11.1. The fourth-order valence-electron chi connectivity index (χ4n) is 3.28. The number of amides is 1. The van der Waals surface area contributed by atoms with Gasteiger partial charge in [0.05, 0.1) is 35.2 Å². The fraction of sp³-hybridized carbons (Fsp3) is 0.208. The van der Waals surface area contributed by atoms with Crippen molar-refractivity contribution in [2.45, 2.75) is 25.0 Å². The van der Waals surface area contributed by atoms with Gasteiger partial charge in [-0.05, 0) is 48.4 Å². The van der Waals surface area contributed by atoms with E-state index < -0.39 is 0 Å². The van der Waals surface area contributed by atoms with Gasteiger partial charge in [-0.1, -0.05) is 43.0 Å². The fourth-order valence-corrected chi connectivity index (χ4v) is 4.23. The molecule has 0 aliphatic rings. The zero-order valence-corrected chi connectivity index (χ0v) is 18.3. The molecular weight excluding hydrogens is 410 g/mol. The lowest BCUT2D eigenvalue weighted by molar-refractivity contribution is -0.127. The molecule has 0 saturated heterocycles. The van der Waals surface area contributed by atoms with Crippen LogP contribution in [0.2, 0.25) is 0 Å². The van der Waals surface area contributed by atoms with Crippen molar-refractivity contribution >= 4 is 28.6 Å². The summed E-state index contributed by atoms with van der Waals surface area (Å²) in [6.07, 6.45) is 2.51. The highest BCUT2D eigenvalue weighted by atomic mass is 32.2. The number of fused-ring (bicyclic) bond motifs is 1. The molecule has 0 fully saturated rings. The second-order valence-electron chi connectivity index (χ2n) is 7.19. The largest absolute Gasteiger partial charge is 0.467 e. The van der Waals surface area contributed by atoms with Gasteiger partial charge in [-0.25, -0.2) is 4.98 Å². The van der Waals surface area contributed by atoms with E-state index in [0.29, 0.717) is 22.6 Å². The molecule has 0 radical (unpaired) electrons. The molecule has 0 atom stereocenters. The molecule has 6 nitrogen and oxygen atoms in total. The van der Waals surface area contributed by atoms with Crippen LogP contribution in [0.5, 0.6) is 0 Å². The predicted molar refractivity (Wildman–Crippen MR) is 123 cm³/mol. The quantitative estimate of drug-likeness (QED) is 0.321. The number of carbonyl (C=O) groups is 1. The number of carbonyl (C=O) groups excluding carboxylic acids is 1. The molecule has 4 aromatic rings. The van der Waals surface area contributed by atoms with Crippen LogP contribution >= 0.6 is 11.8 Å². The first-order valence-electron chi connectivity index (χ1n) is 10.1. The molecule has 31 heavy (non-hydrogen) atoms. The number of rotatable bonds is 7. The van der Waals surface area contributed by atoms with Gasteiger partial charge in [0.1, 0.15) is 5.76 Å². The maximum absolute atomic E-state index is 13.3. The van der Waals surface area contributed by atoms with Crippen LogP contribution in [0.25, 0.3) is 16.6 Å². The summed E-state index contributed by atoms with van der Waals surface area (Å²) in [5.41, 5.74) is 2.40. The Kier molecular flexibility index (Phi) is 6.23. The third-order valence-electron chi connectivity index (χ3n) is 5.07. The summed E-state index contributed by atoms with van der Waals surface area (Å²) in [4.78, 5) is 32.3. The Bertz CT molecular complexity index is 1250. The Morgan fingerprint density at radius 2 is 1.87 bits per heavy atom. The number of thioether (sulfide) groups is 1. The van der Waals surface area contributed by atoms with E-state index in [9.17, 15) is 9.59 Å². The molecule has 2 aromatic carbocycles. The molecule has 1 amide bonds. The summed E-state index contributed by atoms with van der Waals surface area (Å²) < 4.78 is 6.91. The zero-order chi connectivity index (χ0) is 21.8. The topological polar surface area (TPSA) is 68.3 Å². The number of furan rings is 1. The van der Waals surface area contributed by atoms with Crippen molar-refractivity contribution in [1.29, 1.82) is 0 Å². The van der Waals surface area contributed by atoms with E-state index in [0.717, 1.165) is 17.9 Å². The van der Waals surface area contributed by atoms with Crippen LogP contribution in [-0.2, 0) is 17.8 Å². The van der Waals surface area contributed by atoms with E-state index in [1.54, 1.807) is 34.9 Å². The maximum atomic E-state index is 13.3. The molecular formula is C24H23N3O3S. The number of aryl methyl sites for hydroxylation is 1. The van der Waals surface area contributed by atoms with E-state index in [4.69, 9.17) is 9.40 Å². The number of hydrogen-bond acceptors (Lipinski definition) is 5. The van der Waals surface area contributed by atoms with Gasteiger partial charge in [-0.3, -0.25) is 14.2 Å². The predicted octanol–water partition coefficient (Wildman–Crippen LogP) is 4.29. The van der Waals surface area contributed by atoms with Crippen molar-refractivity contribution in [2.24, 2.45) is 0 Å². The third kappa shape index (κ3) is 4.56. The molecule has 0 saturated carbocycles. The normalized spacial score (nSPS) is 11.0. The van der Waals surface area contributed by atoms with Gasteiger partial charge in [0.25, 0.3) is 5.56 Å². The van der Waals surface area contributed by atoms with Gasteiger partial charge < -0.3 is 9.32 Å². The van der Waals surface area contributed by atoms with Crippen molar-refractivity contribution in [3.63, 3.8) is 0 Å². The van der Waals surface area contributed by atoms with Gasteiger partial charge in [-0.2, -0.15) is 0 Å². The maximum Gasteiger partial charge on any atom is 0.266 e. The average molecular weight is 434 g/mol. The summed E-state index contributed by atoms with van der Waals surface area (Å²) in [5, 5.41) is 1.04. The number of nitrogens with zero attached hydrogens (tertiary/aromatic N) is 3.